The number of hydroxylamine groups is 6. The third-order valence-corrected chi connectivity index (χ3v) is 4.10. The Morgan fingerprint density at radius 2 is 1.18 bits per heavy atom. The van der Waals surface area contributed by atoms with Crippen LogP contribution in [0.3, 0.4) is 0 Å². The van der Waals surface area contributed by atoms with Crippen LogP contribution in [0.2, 0.25) is 0 Å². The normalized spacial score (nSPS) is 25.4. The van der Waals surface area contributed by atoms with E-state index in [0.29, 0.717) is 0 Å². The molecule has 0 aliphatic carbocycles. The maximum Gasteiger partial charge on any atom is 0.307 e. The summed E-state index contributed by atoms with van der Waals surface area (Å²) in [5, 5.41) is 76.1. The fourth-order valence-corrected chi connectivity index (χ4v) is 2.53. The summed E-state index contributed by atoms with van der Waals surface area (Å²) in [7, 11) is 0. The van der Waals surface area contributed by atoms with Gasteiger partial charge in [0, 0.05) is 19.6 Å². The Bertz CT molecular complexity index is 634. The molecular formula is C15H24N3O15-3. The lowest BCUT2D eigenvalue weighted by Gasteiger charge is -2.41. The minimum Gasteiger partial charge on any atom is -0.762 e. The largest absolute Gasteiger partial charge is 0.762 e. The number of hydrogen-bond donors (Lipinski definition) is 5. The van der Waals surface area contributed by atoms with Gasteiger partial charge in [-0.1, -0.05) is 0 Å². The molecule has 192 valence electrons. The molecule has 1 saturated heterocycles. The summed E-state index contributed by atoms with van der Waals surface area (Å²) in [5.41, 5.74) is 0. The van der Waals surface area contributed by atoms with Crippen LogP contribution in [0.5, 0.6) is 0 Å². The van der Waals surface area contributed by atoms with Crippen molar-refractivity contribution in [3.63, 3.8) is 0 Å². The number of ether oxygens (including phenoxy) is 4. The molecule has 0 saturated carbocycles. The van der Waals surface area contributed by atoms with Gasteiger partial charge in [0.1, 0.15) is 18.8 Å². The molecule has 0 aromatic carbocycles. The summed E-state index contributed by atoms with van der Waals surface area (Å²) >= 11 is 0. The van der Waals surface area contributed by atoms with E-state index < -0.39 is 110 Å². The van der Waals surface area contributed by atoms with Gasteiger partial charge in [0.25, 0.3) is 0 Å². The van der Waals surface area contributed by atoms with Gasteiger partial charge in [-0.15, -0.1) is 0 Å². The van der Waals surface area contributed by atoms with Gasteiger partial charge < -0.3 is 60.4 Å². The standard InChI is InChI=1S/C15H24N3O15/c19-9(1-4-16(24)25)30-7-8-12(22)13(32-10(20)2-5-17(26)27)14(15(23)31-8)33-11(21)3-6-18(28)29/h8,12-15,22-24,26,28H,1-7H2/q-3/t8-,12-,13+,14-,15+/m1/s1. The van der Waals surface area contributed by atoms with Crippen LogP contribution in [-0.4, -0.2) is 116 Å². The second kappa shape index (κ2) is 14.2. The summed E-state index contributed by atoms with van der Waals surface area (Å²) in [6.45, 7) is -2.72. The Kier molecular flexibility index (Phi) is 12.5. The van der Waals surface area contributed by atoms with E-state index in [1.807, 2.05) is 0 Å². The summed E-state index contributed by atoms with van der Waals surface area (Å²) in [5.74, 6) is -3.29. The SMILES string of the molecule is O=C(CCN([O-])O)OC[C@H]1O[C@H](O)[C@H](OC(=O)CCN([O-])O)[C@@H](OC(=O)CCN([O-])O)[C@@H]1O. The van der Waals surface area contributed by atoms with Gasteiger partial charge in [0.2, 0.25) is 0 Å². The molecule has 0 bridgehead atoms. The van der Waals surface area contributed by atoms with Crippen molar-refractivity contribution in [3.05, 3.63) is 15.6 Å². The highest BCUT2D eigenvalue weighted by Gasteiger charge is 2.49. The van der Waals surface area contributed by atoms with Gasteiger partial charge in [0.15, 0.2) is 18.5 Å². The Balaban J connectivity index is 2.86. The summed E-state index contributed by atoms with van der Waals surface area (Å²) < 4.78 is 19.6. The molecule has 0 aromatic heterocycles. The Morgan fingerprint density at radius 1 is 0.758 bits per heavy atom. The first-order valence-corrected chi connectivity index (χ1v) is 9.37. The quantitative estimate of drug-likeness (QED) is 0.0996. The molecule has 0 aromatic rings. The van der Waals surface area contributed by atoms with E-state index in [1.54, 1.807) is 0 Å². The van der Waals surface area contributed by atoms with E-state index in [9.17, 15) is 40.2 Å². The number of esters is 3. The van der Waals surface area contributed by atoms with Crippen LogP contribution in [0.25, 0.3) is 0 Å². The van der Waals surface area contributed by atoms with Gasteiger partial charge >= 0.3 is 17.9 Å². The van der Waals surface area contributed by atoms with Gasteiger partial charge in [-0.3, -0.25) is 30.1 Å². The van der Waals surface area contributed by atoms with Crippen LogP contribution in [0.15, 0.2) is 0 Å². The van der Waals surface area contributed by atoms with Crippen molar-refractivity contribution in [2.24, 2.45) is 0 Å². The van der Waals surface area contributed by atoms with E-state index >= 15 is 0 Å². The van der Waals surface area contributed by atoms with E-state index in [1.165, 1.54) is 0 Å². The maximum absolute atomic E-state index is 11.9. The molecule has 0 amide bonds. The Labute approximate surface area is 185 Å². The molecular weight excluding hydrogens is 462 g/mol. The number of nitrogens with zero attached hydrogens (tertiary/aromatic N) is 3. The van der Waals surface area contributed by atoms with Crippen LogP contribution in [-0.2, 0) is 33.3 Å². The zero-order chi connectivity index (χ0) is 25.1. The third-order valence-electron chi connectivity index (χ3n) is 4.10. The van der Waals surface area contributed by atoms with Crippen molar-refractivity contribution in [3.8, 4) is 0 Å². The smallest absolute Gasteiger partial charge is 0.307 e. The lowest BCUT2D eigenvalue weighted by molar-refractivity contribution is -0.294. The number of rotatable bonds is 13. The highest BCUT2D eigenvalue weighted by molar-refractivity contribution is 5.71. The zero-order valence-electron chi connectivity index (χ0n) is 17.0. The minimum absolute atomic E-state index is 0.510. The van der Waals surface area contributed by atoms with Crippen molar-refractivity contribution in [2.75, 3.05) is 26.2 Å². The molecule has 1 aliphatic heterocycles. The molecule has 1 fully saturated rings. The molecule has 0 spiro atoms. The first-order chi connectivity index (χ1) is 15.4. The lowest BCUT2D eigenvalue weighted by atomic mass is 9.98. The molecule has 0 radical (unpaired) electrons. The fourth-order valence-electron chi connectivity index (χ4n) is 2.53. The average Bonchev–Trinajstić information content (AvgIpc) is 2.72. The van der Waals surface area contributed by atoms with Gasteiger partial charge in [-0.2, -0.15) is 0 Å². The second-order valence-corrected chi connectivity index (χ2v) is 6.62. The van der Waals surface area contributed by atoms with E-state index in [4.69, 9.17) is 34.6 Å². The molecule has 1 aliphatic rings. The van der Waals surface area contributed by atoms with Crippen molar-refractivity contribution in [1.82, 2.24) is 15.7 Å². The molecule has 18 nitrogen and oxygen atoms in total. The number of aliphatic hydroxyl groups is 2. The Morgan fingerprint density at radius 3 is 1.64 bits per heavy atom. The van der Waals surface area contributed by atoms with Crippen LogP contribution in [0.1, 0.15) is 19.3 Å². The predicted octanol–water partition coefficient (Wildman–Crippen LogP) is -2.83. The van der Waals surface area contributed by atoms with Crippen molar-refractivity contribution in [2.45, 2.75) is 50.0 Å². The molecule has 1 rings (SSSR count). The highest BCUT2D eigenvalue weighted by atomic mass is 16.8. The Hall–Kier alpha value is -2.07. The van der Waals surface area contributed by atoms with Gasteiger partial charge in [0.05, 0.1) is 19.3 Å². The van der Waals surface area contributed by atoms with Crippen LogP contribution < -0.4 is 0 Å². The maximum atomic E-state index is 11.9. The summed E-state index contributed by atoms with van der Waals surface area (Å²) in [6.07, 6.45) is -10.9. The summed E-state index contributed by atoms with van der Waals surface area (Å²) in [4.78, 5) is 35.4. The monoisotopic (exact) mass is 486 g/mol. The van der Waals surface area contributed by atoms with Gasteiger partial charge in [-0.25, -0.2) is 0 Å². The van der Waals surface area contributed by atoms with Crippen LogP contribution >= 0.6 is 0 Å². The minimum atomic E-state index is -2.03. The predicted molar refractivity (Wildman–Crippen MR) is 97.0 cm³/mol. The van der Waals surface area contributed by atoms with Crippen LogP contribution in [0.4, 0.5) is 0 Å². The molecule has 0 unspecified atom stereocenters. The van der Waals surface area contributed by atoms with Gasteiger partial charge in [-0.05, 0) is 0 Å². The molecule has 5 N–H and O–H groups in total. The third kappa shape index (κ3) is 11.1. The fraction of sp³-hybridized carbons (Fsp3) is 0.800. The lowest BCUT2D eigenvalue weighted by Crippen LogP contribution is -2.61. The average molecular weight is 486 g/mol. The van der Waals surface area contributed by atoms with Crippen molar-refractivity contribution < 1.29 is 59.2 Å². The highest BCUT2D eigenvalue weighted by Crippen LogP contribution is 2.26. The number of hydrogen-bond acceptors (Lipinski definition) is 18. The molecule has 1 heterocycles. The van der Waals surface area contributed by atoms with Crippen LogP contribution in [0, 0.1) is 15.6 Å². The number of aliphatic hydroxyl groups excluding tert-OH is 2. The molecule has 18 heteroatoms. The van der Waals surface area contributed by atoms with E-state index in [-0.39, 0.29) is 0 Å². The molecule has 33 heavy (non-hydrogen) atoms. The van der Waals surface area contributed by atoms with E-state index in [2.05, 4.69) is 0 Å². The van der Waals surface area contributed by atoms with Crippen molar-refractivity contribution in [1.29, 1.82) is 0 Å². The summed E-state index contributed by atoms with van der Waals surface area (Å²) in [6, 6.07) is 0. The second-order valence-electron chi connectivity index (χ2n) is 6.62. The number of carbonyl (C=O) groups excluding carboxylic acids is 3. The first kappa shape index (κ1) is 29.0. The topological polar surface area (TPSA) is 268 Å². The first-order valence-electron chi connectivity index (χ1n) is 9.37. The van der Waals surface area contributed by atoms with E-state index in [0.717, 1.165) is 0 Å². The molecule has 5 atom stereocenters. The number of carbonyl (C=O) groups is 3. The van der Waals surface area contributed by atoms with Crippen molar-refractivity contribution >= 4 is 17.9 Å². The zero-order valence-corrected chi connectivity index (χ0v) is 17.0.